The average molecular weight is 235 g/mol. The van der Waals surface area contributed by atoms with Gasteiger partial charge in [-0.1, -0.05) is 0 Å². The Labute approximate surface area is 88.2 Å². The second-order valence-electron chi connectivity index (χ2n) is 2.98. The van der Waals surface area contributed by atoms with E-state index in [-0.39, 0.29) is 19.2 Å². The molecule has 0 aromatic carbocycles. The Morgan fingerprint density at radius 3 is 2.67 bits per heavy atom. The number of hydrogen-bond acceptors (Lipinski definition) is 5. The van der Waals surface area contributed by atoms with Gasteiger partial charge in [-0.3, -0.25) is 4.57 Å². The monoisotopic (exact) mass is 235 g/mol. The Morgan fingerprint density at radius 2 is 2.27 bits per heavy atom. The van der Waals surface area contributed by atoms with E-state index >= 15 is 0 Å². The van der Waals surface area contributed by atoms with Crippen LogP contribution in [0.2, 0.25) is 0 Å². The molecule has 0 spiro atoms. The van der Waals surface area contributed by atoms with Gasteiger partial charge in [0, 0.05) is 19.2 Å². The summed E-state index contributed by atoms with van der Waals surface area (Å²) >= 11 is 0. The van der Waals surface area contributed by atoms with Gasteiger partial charge in [-0.25, -0.2) is 4.79 Å². The highest BCUT2D eigenvalue weighted by molar-refractivity contribution is 7.57. The number of nitrogens with zero attached hydrogens (tertiary/aromatic N) is 1. The minimum Gasteiger partial charge on any atom is -0.435 e. The molecule has 0 aliphatic rings. The van der Waals surface area contributed by atoms with Crippen molar-refractivity contribution in [2.75, 3.05) is 19.4 Å². The van der Waals surface area contributed by atoms with Gasteiger partial charge in [0.25, 0.3) is 0 Å². The van der Waals surface area contributed by atoms with Crippen molar-refractivity contribution < 1.29 is 23.7 Å². The molecule has 0 radical (unpaired) electrons. The molecular weight excluding hydrogens is 221 g/mol. The quantitative estimate of drug-likeness (QED) is 0.570. The predicted octanol–water partition coefficient (Wildman–Crippen LogP) is 1.34. The first-order valence-corrected chi connectivity index (χ1v) is 6.70. The van der Waals surface area contributed by atoms with Crippen LogP contribution in [0.1, 0.15) is 13.3 Å². The van der Waals surface area contributed by atoms with Crippen LogP contribution < -0.4 is 0 Å². The van der Waals surface area contributed by atoms with E-state index in [1.807, 2.05) is 0 Å². The lowest BCUT2D eigenvalue weighted by Crippen LogP contribution is -2.18. The molecule has 0 aliphatic heterocycles. The first-order valence-electron chi connectivity index (χ1n) is 4.41. The normalized spacial score (nSPS) is 15.9. The molecule has 0 aromatic rings. The van der Waals surface area contributed by atoms with E-state index in [4.69, 9.17) is 10.2 Å². The second-order valence-corrected chi connectivity index (χ2v) is 5.53. The number of carbonyl (C=O) groups is 1. The summed E-state index contributed by atoms with van der Waals surface area (Å²) in [6.07, 6.45) is -2.01. The summed E-state index contributed by atoms with van der Waals surface area (Å²) in [6.45, 7) is 2.95. The smallest absolute Gasteiger partial charge is 0.435 e. The fraction of sp³-hybridized carbons (Fsp3) is 0.750. The van der Waals surface area contributed by atoms with Gasteiger partial charge in [0.05, 0.1) is 6.61 Å². The van der Waals surface area contributed by atoms with E-state index in [2.05, 4.69) is 9.47 Å². The highest BCUT2D eigenvalue weighted by atomic mass is 31.2. The Kier molecular flexibility index (Phi) is 5.99. The summed E-state index contributed by atoms with van der Waals surface area (Å²) in [5.74, 6) is 0. The van der Waals surface area contributed by atoms with Crippen molar-refractivity contribution in [2.45, 2.75) is 19.4 Å². The third-order valence-corrected chi connectivity index (χ3v) is 2.54. The summed E-state index contributed by atoms with van der Waals surface area (Å²) < 4.78 is 20.0. The molecule has 0 bridgehead atoms. The molecule has 0 heterocycles. The van der Waals surface area contributed by atoms with Crippen LogP contribution in [0.25, 0.3) is 0 Å². The fourth-order valence-electron chi connectivity index (χ4n) is 0.775. The van der Waals surface area contributed by atoms with Crippen molar-refractivity contribution in [3.8, 4) is 6.07 Å². The highest BCUT2D eigenvalue weighted by Crippen LogP contribution is 2.36. The fourth-order valence-corrected chi connectivity index (χ4v) is 1.49. The van der Waals surface area contributed by atoms with Gasteiger partial charge < -0.3 is 14.4 Å². The largest absolute Gasteiger partial charge is 0.509 e. The summed E-state index contributed by atoms with van der Waals surface area (Å²) in [7, 11) is -3.17. The van der Waals surface area contributed by atoms with Crippen molar-refractivity contribution in [3.63, 3.8) is 0 Å². The molecule has 0 saturated heterocycles. The van der Waals surface area contributed by atoms with Crippen LogP contribution >= 0.6 is 7.37 Å². The lowest BCUT2D eigenvalue weighted by Gasteiger charge is -2.11. The SMILES string of the molecule is CCOC(=O)OC(C#N)CCP(C)(=O)O. The van der Waals surface area contributed by atoms with Gasteiger partial charge in [0.15, 0.2) is 13.5 Å². The average Bonchev–Trinajstić information content (AvgIpc) is 2.11. The number of rotatable bonds is 5. The third kappa shape index (κ3) is 7.98. The molecule has 7 heteroatoms. The zero-order valence-electron chi connectivity index (χ0n) is 8.67. The molecule has 86 valence electrons. The van der Waals surface area contributed by atoms with Crippen LogP contribution in [0.3, 0.4) is 0 Å². The van der Waals surface area contributed by atoms with E-state index in [9.17, 15) is 9.36 Å². The van der Waals surface area contributed by atoms with Crippen molar-refractivity contribution in [1.29, 1.82) is 5.26 Å². The minimum absolute atomic E-state index is 0.0274. The van der Waals surface area contributed by atoms with E-state index in [1.54, 1.807) is 13.0 Å². The Morgan fingerprint density at radius 1 is 1.67 bits per heavy atom. The number of nitriles is 1. The Hall–Kier alpha value is -1.05. The Balaban J connectivity index is 4.00. The van der Waals surface area contributed by atoms with E-state index in [1.165, 1.54) is 6.66 Å². The molecule has 2 unspecified atom stereocenters. The van der Waals surface area contributed by atoms with Crippen molar-refractivity contribution >= 4 is 13.5 Å². The van der Waals surface area contributed by atoms with Crippen molar-refractivity contribution in [2.24, 2.45) is 0 Å². The second kappa shape index (κ2) is 6.44. The maximum Gasteiger partial charge on any atom is 0.509 e. The lowest BCUT2D eigenvalue weighted by molar-refractivity contribution is 0.0416. The molecule has 0 amide bonds. The molecule has 0 fully saturated rings. The first kappa shape index (κ1) is 13.9. The summed E-state index contributed by atoms with van der Waals surface area (Å²) in [6, 6.07) is 1.71. The number of hydrogen-bond donors (Lipinski definition) is 1. The van der Waals surface area contributed by atoms with Crippen LogP contribution in [0, 0.1) is 11.3 Å². The van der Waals surface area contributed by atoms with Gasteiger partial charge in [-0.05, 0) is 6.92 Å². The van der Waals surface area contributed by atoms with Crippen LogP contribution in [-0.4, -0.2) is 36.6 Å². The van der Waals surface area contributed by atoms with Crippen molar-refractivity contribution in [3.05, 3.63) is 0 Å². The maximum absolute atomic E-state index is 10.9. The lowest BCUT2D eigenvalue weighted by atomic mass is 10.3. The maximum atomic E-state index is 10.9. The van der Waals surface area contributed by atoms with Crippen molar-refractivity contribution in [1.82, 2.24) is 0 Å². The molecular formula is C8H14NO5P. The molecule has 1 N–H and O–H groups in total. The van der Waals surface area contributed by atoms with E-state index in [0.717, 1.165) is 0 Å². The Bertz CT molecular complexity index is 292. The summed E-state index contributed by atoms with van der Waals surface area (Å²) in [4.78, 5) is 19.8. The number of ether oxygens (including phenoxy) is 2. The zero-order chi connectivity index (χ0) is 11.9. The number of carbonyl (C=O) groups excluding carboxylic acids is 1. The van der Waals surface area contributed by atoms with Crippen LogP contribution in [0.4, 0.5) is 4.79 Å². The summed E-state index contributed by atoms with van der Waals surface area (Å²) in [5, 5.41) is 8.59. The topological polar surface area (TPSA) is 96.6 Å². The molecule has 0 aromatic heterocycles. The molecule has 0 saturated carbocycles. The van der Waals surface area contributed by atoms with Gasteiger partial charge in [0.2, 0.25) is 0 Å². The summed E-state index contributed by atoms with van der Waals surface area (Å²) in [5.41, 5.74) is 0. The molecule has 0 rings (SSSR count). The van der Waals surface area contributed by atoms with Crippen LogP contribution in [-0.2, 0) is 14.0 Å². The standard InChI is InChI=1S/C8H14NO5P/c1-3-13-8(10)14-7(6-9)4-5-15(2,11)12/h7H,3-5H2,1-2H3,(H,11,12). The van der Waals surface area contributed by atoms with Gasteiger partial charge >= 0.3 is 6.16 Å². The van der Waals surface area contributed by atoms with Crippen LogP contribution in [0.15, 0.2) is 0 Å². The highest BCUT2D eigenvalue weighted by Gasteiger charge is 2.18. The third-order valence-electron chi connectivity index (χ3n) is 1.45. The van der Waals surface area contributed by atoms with Gasteiger partial charge in [-0.2, -0.15) is 5.26 Å². The zero-order valence-corrected chi connectivity index (χ0v) is 9.57. The first-order chi connectivity index (χ1) is 6.89. The molecule has 0 aliphatic carbocycles. The van der Waals surface area contributed by atoms with Gasteiger partial charge in [0.1, 0.15) is 6.07 Å². The predicted molar refractivity (Wildman–Crippen MR) is 52.7 cm³/mol. The van der Waals surface area contributed by atoms with E-state index < -0.39 is 19.6 Å². The van der Waals surface area contributed by atoms with Crippen LogP contribution in [0.5, 0.6) is 0 Å². The molecule has 15 heavy (non-hydrogen) atoms. The molecule has 2 atom stereocenters. The van der Waals surface area contributed by atoms with E-state index in [0.29, 0.717) is 0 Å². The minimum atomic E-state index is -3.17. The molecule has 6 nitrogen and oxygen atoms in total. The van der Waals surface area contributed by atoms with Gasteiger partial charge in [-0.15, -0.1) is 0 Å².